The standard InChI is InChI=1S/C12H15IO2/c1-9-5-3-6-10(2)12(9)15-11(14)7-4-8-13/h3,5-6H,4,7-8H2,1-2H3. The smallest absolute Gasteiger partial charge is 0.311 e. The van der Waals surface area contributed by atoms with Crippen LogP contribution in [0.2, 0.25) is 0 Å². The molecule has 0 aliphatic carbocycles. The molecule has 0 saturated heterocycles. The summed E-state index contributed by atoms with van der Waals surface area (Å²) >= 11 is 2.26. The van der Waals surface area contributed by atoms with Gasteiger partial charge in [0.25, 0.3) is 0 Å². The van der Waals surface area contributed by atoms with Gasteiger partial charge in [0.15, 0.2) is 0 Å². The highest BCUT2D eigenvalue weighted by molar-refractivity contribution is 14.1. The number of carbonyl (C=O) groups excluding carboxylic acids is 1. The molecular formula is C12H15IO2. The quantitative estimate of drug-likeness (QED) is 0.368. The van der Waals surface area contributed by atoms with Crippen LogP contribution in [0.4, 0.5) is 0 Å². The maximum atomic E-state index is 11.5. The van der Waals surface area contributed by atoms with Crippen molar-refractivity contribution in [2.24, 2.45) is 0 Å². The fraction of sp³-hybridized carbons (Fsp3) is 0.417. The Bertz CT molecular complexity index is 327. The van der Waals surface area contributed by atoms with Gasteiger partial charge in [0.05, 0.1) is 0 Å². The first-order chi connectivity index (χ1) is 7.15. The van der Waals surface area contributed by atoms with E-state index in [2.05, 4.69) is 22.6 Å². The number of alkyl halides is 1. The lowest BCUT2D eigenvalue weighted by atomic mass is 10.1. The number of aryl methyl sites for hydroxylation is 2. The second-order valence-corrected chi connectivity index (χ2v) is 4.57. The first-order valence-corrected chi connectivity index (χ1v) is 6.50. The minimum absolute atomic E-state index is 0.135. The Hall–Kier alpha value is -0.580. The van der Waals surface area contributed by atoms with Crippen molar-refractivity contribution in [3.05, 3.63) is 29.3 Å². The Morgan fingerprint density at radius 1 is 1.33 bits per heavy atom. The minimum atomic E-state index is -0.135. The summed E-state index contributed by atoms with van der Waals surface area (Å²) in [4.78, 5) is 11.5. The average molecular weight is 318 g/mol. The van der Waals surface area contributed by atoms with Crippen LogP contribution in [0.3, 0.4) is 0 Å². The molecule has 1 rings (SSSR count). The lowest BCUT2D eigenvalue weighted by Gasteiger charge is -2.09. The maximum absolute atomic E-state index is 11.5. The monoisotopic (exact) mass is 318 g/mol. The van der Waals surface area contributed by atoms with Gasteiger partial charge in [-0.1, -0.05) is 40.8 Å². The molecule has 0 amide bonds. The van der Waals surface area contributed by atoms with Gasteiger partial charge < -0.3 is 4.74 Å². The molecule has 0 spiro atoms. The predicted molar refractivity (Wildman–Crippen MR) is 69.7 cm³/mol. The van der Waals surface area contributed by atoms with Crippen molar-refractivity contribution in [2.75, 3.05) is 4.43 Å². The summed E-state index contributed by atoms with van der Waals surface area (Å²) < 4.78 is 6.32. The highest BCUT2D eigenvalue weighted by Gasteiger charge is 2.08. The highest BCUT2D eigenvalue weighted by Crippen LogP contribution is 2.22. The molecule has 0 aliphatic heterocycles. The van der Waals surface area contributed by atoms with Crippen LogP contribution < -0.4 is 4.74 Å². The van der Waals surface area contributed by atoms with E-state index < -0.39 is 0 Å². The molecular weight excluding hydrogens is 303 g/mol. The first kappa shape index (κ1) is 12.5. The van der Waals surface area contributed by atoms with Gasteiger partial charge in [-0.15, -0.1) is 0 Å². The van der Waals surface area contributed by atoms with Crippen molar-refractivity contribution < 1.29 is 9.53 Å². The van der Waals surface area contributed by atoms with E-state index in [1.165, 1.54) is 0 Å². The van der Waals surface area contributed by atoms with Crippen molar-refractivity contribution in [3.63, 3.8) is 0 Å². The van der Waals surface area contributed by atoms with Crippen molar-refractivity contribution in [1.29, 1.82) is 0 Å². The van der Waals surface area contributed by atoms with Crippen LogP contribution in [0.25, 0.3) is 0 Å². The second-order valence-electron chi connectivity index (χ2n) is 3.49. The van der Waals surface area contributed by atoms with Crippen LogP contribution in [0.1, 0.15) is 24.0 Å². The van der Waals surface area contributed by atoms with Crippen molar-refractivity contribution in [2.45, 2.75) is 26.7 Å². The zero-order valence-electron chi connectivity index (χ0n) is 9.05. The van der Waals surface area contributed by atoms with E-state index in [1.807, 2.05) is 32.0 Å². The topological polar surface area (TPSA) is 26.3 Å². The van der Waals surface area contributed by atoms with E-state index in [-0.39, 0.29) is 5.97 Å². The fourth-order valence-corrected chi connectivity index (χ4v) is 1.72. The van der Waals surface area contributed by atoms with Crippen LogP contribution in [0.5, 0.6) is 5.75 Å². The van der Waals surface area contributed by atoms with Gasteiger partial charge in [0.1, 0.15) is 5.75 Å². The van der Waals surface area contributed by atoms with E-state index in [1.54, 1.807) is 0 Å². The number of esters is 1. The Labute approximate surface area is 104 Å². The summed E-state index contributed by atoms with van der Waals surface area (Å²) in [6.45, 7) is 3.90. The molecule has 82 valence electrons. The number of halogens is 1. The number of carbonyl (C=O) groups is 1. The normalized spacial score (nSPS) is 10.1. The van der Waals surface area contributed by atoms with Crippen LogP contribution in [-0.2, 0) is 4.79 Å². The van der Waals surface area contributed by atoms with E-state index in [0.717, 1.165) is 27.7 Å². The zero-order valence-corrected chi connectivity index (χ0v) is 11.2. The van der Waals surface area contributed by atoms with E-state index in [4.69, 9.17) is 4.74 Å². The van der Waals surface area contributed by atoms with Crippen LogP contribution in [0.15, 0.2) is 18.2 Å². The van der Waals surface area contributed by atoms with Crippen molar-refractivity contribution in [3.8, 4) is 5.75 Å². The Balaban J connectivity index is 2.68. The molecule has 0 fully saturated rings. The molecule has 2 nitrogen and oxygen atoms in total. The van der Waals surface area contributed by atoms with Crippen LogP contribution in [0, 0.1) is 13.8 Å². The summed E-state index contributed by atoms with van der Waals surface area (Å²) in [5.74, 6) is 0.583. The number of ether oxygens (including phenoxy) is 1. The van der Waals surface area contributed by atoms with Gasteiger partial charge in [-0.3, -0.25) is 4.79 Å². The SMILES string of the molecule is Cc1cccc(C)c1OC(=O)CCCI. The molecule has 0 aliphatic rings. The van der Waals surface area contributed by atoms with E-state index >= 15 is 0 Å². The number of hydrogen-bond donors (Lipinski definition) is 0. The third-order valence-corrected chi connectivity index (χ3v) is 2.90. The molecule has 0 saturated carbocycles. The van der Waals surface area contributed by atoms with Crippen molar-refractivity contribution in [1.82, 2.24) is 0 Å². The van der Waals surface area contributed by atoms with E-state index in [0.29, 0.717) is 6.42 Å². The highest BCUT2D eigenvalue weighted by atomic mass is 127. The second kappa shape index (κ2) is 6.10. The number of benzene rings is 1. The molecule has 0 heterocycles. The van der Waals surface area contributed by atoms with Gasteiger partial charge in [-0.05, 0) is 31.4 Å². The maximum Gasteiger partial charge on any atom is 0.311 e. The largest absolute Gasteiger partial charge is 0.426 e. The minimum Gasteiger partial charge on any atom is -0.426 e. The van der Waals surface area contributed by atoms with Gasteiger partial charge in [-0.2, -0.15) is 0 Å². The fourth-order valence-electron chi connectivity index (χ4n) is 1.34. The molecule has 0 aromatic heterocycles. The van der Waals surface area contributed by atoms with E-state index in [9.17, 15) is 4.79 Å². The number of para-hydroxylation sites is 1. The zero-order chi connectivity index (χ0) is 11.3. The molecule has 1 aromatic rings. The molecule has 0 radical (unpaired) electrons. The lowest BCUT2D eigenvalue weighted by molar-refractivity contribution is -0.134. The third kappa shape index (κ3) is 3.81. The molecule has 0 bridgehead atoms. The van der Waals surface area contributed by atoms with Gasteiger partial charge in [-0.25, -0.2) is 0 Å². The summed E-state index contributed by atoms with van der Waals surface area (Å²) in [5.41, 5.74) is 2.02. The summed E-state index contributed by atoms with van der Waals surface area (Å²) in [6.07, 6.45) is 1.38. The summed E-state index contributed by atoms with van der Waals surface area (Å²) in [6, 6.07) is 5.87. The molecule has 0 unspecified atom stereocenters. The first-order valence-electron chi connectivity index (χ1n) is 4.98. The summed E-state index contributed by atoms with van der Waals surface area (Å²) in [7, 11) is 0. The summed E-state index contributed by atoms with van der Waals surface area (Å²) in [5, 5.41) is 0. The van der Waals surface area contributed by atoms with Crippen LogP contribution in [-0.4, -0.2) is 10.4 Å². The van der Waals surface area contributed by atoms with Crippen molar-refractivity contribution >= 4 is 28.6 Å². The molecule has 1 aromatic carbocycles. The number of rotatable bonds is 4. The molecule has 3 heteroatoms. The van der Waals surface area contributed by atoms with Gasteiger partial charge >= 0.3 is 5.97 Å². The Morgan fingerprint density at radius 3 is 2.47 bits per heavy atom. The van der Waals surface area contributed by atoms with Crippen LogP contribution >= 0.6 is 22.6 Å². The number of hydrogen-bond acceptors (Lipinski definition) is 2. The Kier molecular flexibility index (Phi) is 5.08. The third-order valence-electron chi connectivity index (χ3n) is 2.14. The lowest BCUT2D eigenvalue weighted by Crippen LogP contribution is -2.09. The average Bonchev–Trinajstić information content (AvgIpc) is 2.21. The molecule has 15 heavy (non-hydrogen) atoms. The van der Waals surface area contributed by atoms with Gasteiger partial charge in [0.2, 0.25) is 0 Å². The Morgan fingerprint density at radius 2 is 1.93 bits per heavy atom. The molecule has 0 N–H and O–H groups in total. The molecule has 0 atom stereocenters. The predicted octanol–water partition coefficient (Wildman–Crippen LogP) is 3.42. The van der Waals surface area contributed by atoms with Gasteiger partial charge in [0, 0.05) is 10.8 Å².